The molecule has 1 aliphatic heterocycles. The number of methoxy groups -OCH3 is 1. The van der Waals surface area contributed by atoms with E-state index in [-0.39, 0.29) is 5.91 Å². The molecule has 0 radical (unpaired) electrons. The molecule has 176 valence electrons. The van der Waals surface area contributed by atoms with Gasteiger partial charge in [-0.1, -0.05) is 31.5 Å². The number of fused-ring (bicyclic) bond motifs is 1. The van der Waals surface area contributed by atoms with E-state index in [4.69, 9.17) is 4.74 Å². The quantitative estimate of drug-likeness (QED) is 0.539. The standard InChI is InChI=1S/C25H31N3O4S/c1-3-22(25(29)26-18-20-9-5-6-10-24(20)32-2)28-16-13-19-17-21(11-12-23(19)28)33(30,31)27-14-7-4-8-15-27/h5-6,9-13,16-17,22H,3-4,7-8,14-15,18H2,1-2H3,(H,26,29). The molecule has 1 saturated heterocycles. The zero-order valence-electron chi connectivity index (χ0n) is 19.2. The van der Waals surface area contributed by atoms with E-state index in [1.807, 2.05) is 54.1 Å². The molecule has 1 fully saturated rings. The maximum Gasteiger partial charge on any atom is 0.243 e. The topological polar surface area (TPSA) is 80.6 Å². The number of benzene rings is 2. The Kier molecular flexibility index (Phi) is 7.05. The molecule has 33 heavy (non-hydrogen) atoms. The summed E-state index contributed by atoms with van der Waals surface area (Å²) in [5, 5.41) is 3.82. The van der Waals surface area contributed by atoms with Crippen molar-refractivity contribution in [3.05, 3.63) is 60.3 Å². The molecule has 1 amide bonds. The van der Waals surface area contributed by atoms with Gasteiger partial charge in [0.05, 0.1) is 12.0 Å². The fourth-order valence-corrected chi connectivity index (χ4v) is 6.04. The lowest BCUT2D eigenvalue weighted by atomic mass is 10.1. The third-order valence-electron chi connectivity index (χ3n) is 6.32. The predicted molar refractivity (Wildman–Crippen MR) is 129 cm³/mol. The van der Waals surface area contributed by atoms with Crippen LogP contribution in [0.5, 0.6) is 5.75 Å². The van der Waals surface area contributed by atoms with Crippen molar-refractivity contribution in [1.29, 1.82) is 0 Å². The predicted octanol–water partition coefficient (Wildman–Crippen LogP) is 4.09. The third-order valence-corrected chi connectivity index (χ3v) is 8.21. The van der Waals surface area contributed by atoms with Crippen LogP contribution in [-0.2, 0) is 21.4 Å². The summed E-state index contributed by atoms with van der Waals surface area (Å²) in [5.41, 5.74) is 1.75. The molecule has 4 rings (SSSR count). The highest BCUT2D eigenvalue weighted by molar-refractivity contribution is 7.89. The molecule has 3 aromatic rings. The van der Waals surface area contributed by atoms with Gasteiger partial charge in [-0.15, -0.1) is 0 Å². The fourth-order valence-electron chi connectivity index (χ4n) is 4.49. The lowest BCUT2D eigenvalue weighted by Crippen LogP contribution is -2.35. The highest BCUT2D eigenvalue weighted by Gasteiger charge is 2.27. The Bertz CT molecular complexity index is 1230. The number of nitrogens with one attached hydrogen (secondary N) is 1. The number of ether oxygens (including phenoxy) is 1. The molecule has 2 aromatic carbocycles. The third kappa shape index (κ3) is 4.77. The van der Waals surface area contributed by atoms with Crippen molar-refractivity contribution in [2.24, 2.45) is 0 Å². The molecule has 0 bridgehead atoms. The summed E-state index contributed by atoms with van der Waals surface area (Å²) < 4.78 is 35.0. The van der Waals surface area contributed by atoms with Crippen molar-refractivity contribution in [3.63, 3.8) is 0 Å². The number of carbonyl (C=O) groups is 1. The van der Waals surface area contributed by atoms with Crippen LogP contribution < -0.4 is 10.1 Å². The number of amides is 1. The van der Waals surface area contributed by atoms with Crippen molar-refractivity contribution in [2.45, 2.75) is 50.1 Å². The Balaban J connectivity index is 1.55. The SMILES string of the molecule is CCC(C(=O)NCc1ccccc1OC)n1ccc2cc(S(=O)(=O)N3CCCCC3)ccc21. The first-order valence-corrected chi connectivity index (χ1v) is 12.9. The van der Waals surface area contributed by atoms with E-state index < -0.39 is 16.1 Å². The second kappa shape index (κ2) is 9.97. The Morgan fingerprint density at radius 2 is 1.85 bits per heavy atom. The molecule has 7 nitrogen and oxygen atoms in total. The van der Waals surface area contributed by atoms with Crippen LogP contribution in [0.1, 0.15) is 44.2 Å². The van der Waals surface area contributed by atoms with Crippen LogP contribution in [0.2, 0.25) is 0 Å². The zero-order chi connectivity index (χ0) is 23.4. The van der Waals surface area contributed by atoms with Gasteiger partial charge in [-0.3, -0.25) is 4.79 Å². The normalized spacial score (nSPS) is 15.9. The van der Waals surface area contributed by atoms with Gasteiger partial charge >= 0.3 is 0 Å². The van der Waals surface area contributed by atoms with Crippen LogP contribution >= 0.6 is 0 Å². The van der Waals surface area contributed by atoms with Gasteiger partial charge in [0.15, 0.2) is 0 Å². The minimum Gasteiger partial charge on any atom is -0.496 e. The first-order valence-electron chi connectivity index (χ1n) is 11.5. The number of hydrogen-bond donors (Lipinski definition) is 1. The summed E-state index contributed by atoms with van der Waals surface area (Å²) in [7, 11) is -1.89. The lowest BCUT2D eigenvalue weighted by Gasteiger charge is -2.26. The molecule has 0 aliphatic carbocycles. The Morgan fingerprint density at radius 3 is 2.58 bits per heavy atom. The molecule has 2 heterocycles. The maximum atomic E-state index is 13.1. The zero-order valence-corrected chi connectivity index (χ0v) is 20.0. The minimum absolute atomic E-state index is 0.0917. The van der Waals surface area contributed by atoms with E-state index >= 15 is 0 Å². The summed E-state index contributed by atoms with van der Waals surface area (Å²) >= 11 is 0. The summed E-state index contributed by atoms with van der Waals surface area (Å²) in [4.78, 5) is 13.4. The summed E-state index contributed by atoms with van der Waals surface area (Å²) in [6, 6.07) is 14.3. The van der Waals surface area contributed by atoms with Crippen molar-refractivity contribution in [3.8, 4) is 5.75 Å². The molecule has 1 aromatic heterocycles. The number of carbonyl (C=O) groups excluding carboxylic acids is 1. The molecular formula is C25H31N3O4S. The average Bonchev–Trinajstić information content (AvgIpc) is 3.27. The second-order valence-corrected chi connectivity index (χ2v) is 10.3. The summed E-state index contributed by atoms with van der Waals surface area (Å²) in [5.74, 6) is 0.644. The smallest absolute Gasteiger partial charge is 0.243 e. The Hall–Kier alpha value is -2.84. The van der Waals surface area contributed by atoms with Crippen LogP contribution in [0, 0.1) is 0 Å². The fraction of sp³-hybridized carbons (Fsp3) is 0.400. The molecule has 1 atom stereocenters. The maximum absolute atomic E-state index is 13.1. The van der Waals surface area contributed by atoms with Crippen LogP contribution in [-0.4, -0.2) is 43.4 Å². The van der Waals surface area contributed by atoms with Crippen molar-refractivity contribution in [1.82, 2.24) is 14.2 Å². The van der Waals surface area contributed by atoms with Gasteiger partial charge in [0.25, 0.3) is 0 Å². The molecule has 8 heteroatoms. The number of aromatic nitrogens is 1. The van der Waals surface area contributed by atoms with Gasteiger partial charge in [-0.25, -0.2) is 8.42 Å². The summed E-state index contributed by atoms with van der Waals surface area (Å²) in [6.45, 7) is 3.49. The first kappa shape index (κ1) is 23.3. The molecular weight excluding hydrogens is 438 g/mol. The Morgan fingerprint density at radius 1 is 1.09 bits per heavy atom. The molecule has 1 N–H and O–H groups in total. The van der Waals surface area contributed by atoms with Gasteiger partial charge in [0.2, 0.25) is 15.9 Å². The van der Waals surface area contributed by atoms with E-state index in [9.17, 15) is 13.2 Å². The number of sulfonamides is 1. The van der Waals surface area contributed by atoms with Crippen LogP contribution in [0.15, 0.2) is 59.6 Å². The van der Waals surface area contributed by atoms with Crippen molar-refractivity contribution in [2.75, 3.05) is 20.2 Å². The Labute approximate surface area is 195 Å². The van der Waals surface area contributed by atoms with Gasteiger partial charge in [-0.05, 0) is 49.6 Å². The van der Waals surface area contributed by atoms with Gasteiger partial charge in [-0.2, -0.15) is 4.31 Å². The number of piperidine rings is 1. The van der Waals surface area contributed by atoms with Gasteiger partial charge in [0.1, 0.15) is 11.8 Å². The van der Waals surface area contributed by atoms with E-state index in [1.54, 1.807) is 23.5 Å². The number of nitrogens with zero attached hydrogens (tertiary/aromatic N) is 2. The van der Waals surface area contributed by atoms with Crippen LogP contribution in [0.3, 0.4) is 0 Å². The van der Waals surface area contributed by atoms with Gasteiger partial charge in [0, 0.05) is 42.3 Å². The van der Waals surface area contributed by atoms with Crippen LogP contribution in [0.4, 0.5) is 0 Å². The van der Waals surface area contributed by atoms with Crippen LogP contribution in [0.25, 0.3) is 10.9 Å². The summed E-state index contributed by atoms with van der Waals surface area (Å²) in [6.07, 6.45) is 5.35. The lowest BCUT2D eigenvalue weighted by molar-refractivity contribution is -0.124. The molecule has 1 aliphatic rings. The van der Waals surface area contributed by atoms with E-state index in [0.29, 0.717) is 31.0 Å². The van der Waals surface area contributed by atoms with Crippen molar-refractivity contribution < 1.29 is 17.9 Å². The highest BCUT2D eigenvalue weighted by Crippen LogP contribution is 2.28. The van der Waals surface area contributed by atoms with E-state index in [1.165, 1.54) is 0 Å². The van der Waals surface area contributed by atoms with E-state index in [2.05, 4.69) is 5.32 Å². The molecule has 0 saturated carbocycles. The van der Waals surface area contributed by atoms with Crippen molar-refractivity contribution >= 4 is 26.8 Å². The largest absolute Gasteiger partial charge is 0.496 e. The minimum atomic E-state index is -3.50. The molecule has 1 unspecified atom stereocenters. The first-order chi connectivity index (χ1) is 16.0. The second-order valence-electron chi connectivity index (χ2n) is 8.36. The van der Waals surface area contributed by atoms with E-state index in [0.717, 1.165) is 41.5 Å². The number of rotatable bonds is 8. The highest BCUT2D eigenvalue weighted by atomic mass is 32.2. The monoisotopic (exact) mass is 469 g/mol. The average molecular weight is 470 g/mol. The number of para-hydroxylation sites is 1. The van der Waals surface area contributed by atoms with Gasteiger partial charge < -0.3 is 14.6 Å². The molecule has 0 spiro atoms. The number of hydrogen-bond acceptors (Lipinski definition) is 4.